The summed E-state index contributed by atoms with van der Waals surface area (Å²) in [7, 11) is 0. The smallest absolute Gasteiger partial charge is 0.246 e. The van der Waals surface area contributed by atoms with Crippen molar-refractivity contribution >= 4 is 5.91 Å². The van der Waals surface area contributed by atoms with Gasteiger partial charge in [-0.3, -0.25) is 4.79 Å². The maximum Gasteiger partial charge on any atom is 0.246 e. The van der Waals surface area contributed by atoms with E-state index in [0.717, 1.165) is 0 Å². The van der Waals surface area contributed by atoms with Gasteiger partial charge < -0.3 is 15.1 Å². The zero-order valence-electron chi connectivity index (χ0n) is 7.23. The molecule has 2 N–H and O–H groups in total. The van der Waals surface area contributed by atoms with Crippen LogP contribution < -0.4 is 0 Å². The SMILES string of the molecule is C/C=C\C(=O)N(CCO)CCO. The molecule has 0 atom stereocenters. The maximum atomic E-state index is 11.1. The number of nitrogens with zero attached hydrogens (tertiary/aromatic N) is 1. The highest BCUT2D eigenvalue weighted by molar-refractivity contribution is 5.87. The Labute approximate surface area is 72.1 Å². The van der Waals surface area contributed by atoms with Gasteiger partial charge in [-0.1, -0.05) is 6.08 Å². The molecule has 0 aliphatic carbocycles. The molecule has 4 nitrogen and oxygen atoms in total. The van der Waals surface area contributed by atoms with E-state index in [1.807, 2.05) is 0 Å². The Balaban J connectivity index is 3.98. The number of rotatable bonds is 5. The summed E-state index contributed by atoms with van der Waals surface area (Å²) in [5, 5.41) is 17.2. The molecule has 0 aromatic heterocycles. The van der Waals surface area contributed by atoms with E-state index < -0.39 is 0 Å². The lowest BCUT2D eigenvalue weighted by Gasteiger charge is -2.18. The summed E-state index contributed by atoms with van der Waals surface area (Å²) in [6, 6.07) is 0. The molecule has 0 aliphatic rings. The van der Waals surface area contributed by atoms with Gasteiger partial charge in [-0.15, -0.1) is 0 Å². The fraction of sp³-hybridized carbons (Fsp3) is 0.625. The molecule has 1 amide bonds. The van der Waals surface area contributed by atoms with Crippen LogP contribution in [-0.2, 0) is 4.79 Å². The van der Waals surface area contributed by atoms with Crippen molar-refractivity contribution in [3.8, 4) is 0 Å². The topological polar surface area (TPSA) is 60.8 Å². The van der Waals surface area contributed by atoms with Crippen molar-refractivity contribution in [1.29, 1.82) is 0 Å². The van der Waals surface area contributed by atoms with Crippen LogP contribution in [0.15, 0.2) is 12.2 Å². The Morgan fingerprint density at radius 1 is 1.33 bits per heavy atom. The van der Waals surface area contributed by atoms with Crippen molar-refractivity contribution < 1.29 is 15.0 Å². The van der Waals surface area contributed by atoms with Crippen molar-refractivity contribution in [3.63, 3.8) is 0 Å². The molecule has 0 aromatic rings. The highest BCUT2D eigenvalue weighted by atomic mass is 16.3. The van der Waals surface area contributed by atoms with Crippen LogP contribution in [0.5, 0.6) is 0 Å². The third-order valence-corrected chi connectivity index (χ3v) is 1.36. The number of aliphatic hydroxyl groups excluding tert-OH is 2. The van der Waals surface area contributed by atoms with Crippen LogP contribution in [0.2, 0.25) is 0 Å². The quantitative estimate of drug-likeness (QED) is 0.544. The third kappa shape index (κ3) is 4.10. The lowest BCUT2D eigenvalue weighted by atomic mass is 10.4. The number of carbonyl (C=O) groups excluding carboxylic acids is 1. The molecule has 0 radical (unpaired) electrons. The second-order valence-electron chi connectivity index (χ2n) is 2.27. The minimum Gasteiger partial charge on any atom is -0.395 e. The van der Waals surface area contributed by atoms with Gasteiger partial charge in [-0.2, -0.15) is 0 Å². The summed E-state index contributed by atoms with van der Waals surface area (Å²) < 4.78 is 0. The Bertz CT molecular complexity index is 150. The summed E-state index contributed by atoms with van der Waals surface area (Å²) in [5.74, 6) is -0.180. The monoisotopic (exact) mass is 173 g/mol. The van der Waals surface area contributed by atoms with Gasteiger partial charge in [0.25, 0.3) is 0 Å². The summed E-state index contributed by atoms with van der Waals surface area (Å²) >= 11 is 0. The third-order valence-electron chi connectivity index (χ3n) is 1.36. The van der Waals surface area contributed by atoms with E-state index in [1.54, 1.807) is 13.0 Å². The standard InChI is InChI=1S/C8H15NO3/c1-2-3-8(12)9(4-6-10)5-7-11/h2-3,10-11H,4-7H2,1H3/b3-2-. The first-order chi connectivity index (χ1) is 5.76. The first-order valence-electron chi connectivity index (χ1n) is 3.89. The van der Waals surface area contributed by atoms with Crippen LogP contribution in [0.25, 0.3) is 0 Å². The molecular formula is C8H15NO3. The summed E-state index contributed by atoms with van der Waals surface area (Å²) in [6.45, 7) is 2.12. The van der Waals surface area contributed by atoms with Gasteiger partial charge in [0, 0.05) is 13.1 Å². The lowest BCUT2D eigenvalue weighted by molar-refractivity contribution is -0.127. The lowest BCUT2D eigenvalue weighted by Crippen LogP contribution is -2.34. The zero-order chi connectivity index (χ0) is 9.40. The zero-order valence-corrected chi connectivity index (χ0v) is 7.23. The molecule has 0 spiro atoms. The van der Waals surface area contributed by atoms with Gasteiger partial charge >= 0.3 is 0 Å². The molecule has 4 heteroatoms. The Hall–Kier alpha value is -0.870. The molecule has 70 valence electrons. The molecule has 0 aliphatic heterocycles. The second kappa shape index (κ2) is 6.82. The molecule has 12 heavy (non-hydrogen) atoms. The van der Waals surface area contributed by atoms with E-state index >= 15 is 0 Å². The van der Waals surface area contributed by atoms with Gasteiger partial charge in [0.2, 0.25) is 5.91 Å². The highest BCUT2D eigenvalue weighted by Gasteiger charge is 2.07. The number of hydrogen-bond acceptors (Lipinski definition) is 3. The summed E-state index contributed by atoms with van der Waals surface area (Å²) in [6.07, 6.45) is 3.04. The van der Waals surface area contributed by atoms with Crippen molar-refractivity contribution in [2.45, 2.75) is 6.92 Å². The average Bonchev–Trinajstić information content (AvgIpc) is 2.04. The fourth-order valence-corrected chi connectivity index (χ4v) is 0.822. The largest absolute Gasteiger partial charge is 0.395 e. The van der Waals surface area contributed by atoms with E-state index in [4.69, 9.17) is 10.2 Å². The summed E-state index contributed by atoms with van der Waals surface area (Å²) in [5.41, 5.74) is 0. The Kier molecular flexibility index (Phi) is 6.32. The van der Waals surface area contributed by atoms with Crippen LogP contribution in [0.1, 0.15) is 6.92 Å². The van der Waals surface area contributed by atoms with E-state index in [9.17, 15) is 4.79 Å². The summed E-state index contributed by atoms with van der Waals surface area (Å²) in [4.78, 5) is 12.5. The minimum atomic E-state index is -0.180. The highest BCUT2D eigenvalue weighted by Crippen LogP contribution is 1.90. The molecule has 0 rings (SSSR count). The number of aliphatic hydroxyl groups is 2. The van der Waals surface area contributed by atoms with E-state index in [0.29, 0.717) is 0 Å². The molecule has 0 saturated carbocycles. The van der Waals surface area contributed by atoms with Crippen molar-refractivity contribution in [1.82, 2.24) is 4.90 Å². The number of amides is 1. The predicted molar refractivity (Wildman–Crippen MR) is 45.6 cm³/mol. The normalized spacial score (nSPS) is 10.6. The second-order valence-corrected chi connectivity index (χ2v) is 2.27. The van der Waals surface area contributed by atoms with E-state index in [1.165, 1.54) is 11.0 Å². The van der Waals surface area contributed by atoms with Gasteiger partial charge in [0.05, 0.1) is 13.2 Å². The Morgan fingerprint density at radius 2 is 1.83 bits per heavy atom. The fourth-order valence-electron chi connectivity index (χ4n) is 0.822. The molecule has 0 fully saturated rings. The molecule has 0 bridgehead atoms. The number of allylic oxidation sites excluding steroid dienone is 1. The molecule has 0 saturated heterocycles. The Morgan fingerprint density at radius 3 is 2.17 bits per heavy atom. The minimum absolute atomic E-state index is 0.0801. The first kappa shape index (κ1) is 11.1. The number of carbonyl (C=O) groups is 1. The van der Waals surface area contributed by atoms with Crippen molar-refractivity contribution in [2.75, 3.05) is 26.3 Å². The number of hydrogen-bond donors (Lipinski definition) is 2. The van der Waals surface area contributed by atoms with E-state index in [2.05, 4.69) is 0 Å². The molecule has 0 heterocycles. The van der Waals surface area contributed by atoms with Gasteiger partial charge in [-0.05, 0) is 13.0 Å². The molecular weight excluding hydrogens is 158 g/mol. The van der Waals surface area contributed by atoms with E-state index in [-0.39, 0.29) is 32.2 Å². The molecule has 0 unspecified atom stereocenters. The van der Waals surface area contributed by atoms with Crippen LogP contribution in [0.3, 0.4) is 0 Å². The van der Waals surface area contributed by atoms with Gasteiger partial charge in [0.15, 0.2) is 0 Å². The van der Waals surface area contributed by atoms with Crippen LogP contribution in [-0.4, -0.2) is 47.3 Å². The van der Waals surface area contributed by atoms with Crippen molar-refractivity contribution in [2.24, 2.45) is 0 Å². The van der Waals surface area contributed by atoms with Gasteiger partial charge in [-0.25, -0.2) is 0 Å². The van der Waals surface area contributed by atoms with Crippen LogP contribution in [0.4, 0.5) is 0 Å². The average molecular weight is 173 g/mol. The predicted octanol–water partition coefficient (Wildman–Crippen LogP) is -0.624. The van der Waals surface area contributed by atoms with Crippen LogP contribution >= 0.6 is 0 Å². The van der Waals surface area contributed by atoms with Crippen molar-refractivity contribution in [3.05, 3.63) is 12.2 Å². The van der Waals surface area contributed by atoms with Crippen LogP contribution in [0, 0.1) is 0 Å². The molecule has 0 aromatic carbocycles. The first-order valence-corrected chi connectivity index (χ1v) is 3.89. The van der Waals surface area contributed by atoms with Gasteiger partial charge in [0.1, 0.15) is 0 Å². The maximum absolute atomic E-state index is 11.1.